The van der Waals surface area contributed by atoms with E-state index in [2.05, 4.69) is 5.16 Å². The lowest BCUT2D eigenvalue weighted by atomic mass is 10.1. The summed E-state index contributed by atoms with van der Waals surface area (Å²) in [6, 6.07) is 5.25. The van der Waals surface area contributed by atoms with Gasteiger partial charge in [0.1, 0.15) is 0 Å². The third-order valence-corrected chi connectivity index (χ3v) is 3.90. The van der Waals surface area contributed by atoms with E-state index >= 15 is 0 Å². The molecule has 2 N–H and O–H groups in total. The van der Waals surface area contributed by atoms with E-state index in [1.807, 2.05) is 6.07 Å². The Morgan fingerprint density at radius 2 is 2.05 bits per heavy atom. The zero-order valence-corrected chi connectivity index (χ0v) is 12.5. The Hall–Kier alpha value is -1.88. The Labute approximate surface area is 128 Å². The molecule has 0 unspecified atom stereocenters. The molecule has 0 atom stereocenters. The summed E-state index contributed by atoms with van der Waals surface area (Å²) >= 11 is 6.28. The number of anilines is 1. The number of hydrogen-bond acceptors (Lipinski definition) is 5. The summed E-state index contributed by atoms with van der Waals surface area (Å²) in [5.41, 5.74) is 6.35. The van der Waals surface area contributed by atoms with Crippen LogP contribution in [0.5, 0.6) is 11.5 Å². The molecule has 1 saturated carbocycles. The molecule has 112 valence electrons. The van der Waals surface area contributed by atoms with Crippen molar-refractivity contribution in [2.45, 2.75) is 31.8 Å². The molecule has 0 spiro atoms. The summed E-state index contributed by atoms with van der Waals surface area (Å²) in [5.74, 6) is 2.05. The number of methoxy groups -OCH3 is 1. The van der Waals surface area contributed by atoms with Crippen LogP contribution in [0, 0.1) is 0 Å². The first kappa shape index (κ1) is 14.1. The molecule has 1 aromatic heterocycles. The minimum Gasteiger partial charge on any atom is -0.491 e. The van der Waals surface area contributed by atoms with Gasteiger partial charge >= 0.3 is 0 Å². The van der Waals surface area contributed by atoms with Crippen molar-refractivity contribution in [2.24, 2.45) is 0 Å². The van der Waals surface area contributed by atoms with Gasteiger partial charge in [-0.15, -0.1) is 0 Å². The Kier molecular flexibility index (Phi) is 3.92. The molecule has 1 aromatic carbocycles. The van der Waals surface area contributed by atoms with Gasteiger partial charge in [-0.05, 0) is 37.8 Å². The monoisotopic (exact) mass is 308 g/mol. The fourth-order valence-corrected chi connectivity index (χ4v) is 2.89. The molecular weight excluding hydrogens is 292 g/mol. The van der Waals surface area contributed by atoms with Crippen LogP contribution in [0.2, 0.25) is 5.02 Å². The molecule has 0 amide bonds. The fourth-order valence-electron chi connectivity index (χ4n) is 2.61. The number of hydrogen-bond donors (Lipinski definition) is 1. The maximum atomic E-state index is 6.28. The number of nitrogens with two attached hydrogens (primary N) is 1. The molecule has 0 aliphatic heterocycles. The summed E-state index contributed by atoms with van der Waals surface area (Å²) < 4.78 is 16.6. The van der Waals surface area contributed by atoms with E-state index in [1.165, 1.54) is 12.8 Å². The van der Waals surface area contributed by atoms with Crippen molar-refractivity contribution < 1.29 is 14.0 Å². The highest BCUT2D eigenvalue weighted by Crippen LogP contribution is 2.41. The van der Waals surface area contributed by atoms with Crippen molar-refractivity contribution in [1.29, 1.82) is 0 Å². The average Bonchev–Trinajstić information content (AvgIpc) is 3.10. The third kappa shape index (κ3) is 2.93. The summed E-state index contributed by atoms with van der Waals surface area (Å²) in [7, 11) is 1.58. The molecule has 21 heavy (non-hydrogen) atoms. The minimum atomic E-state index is 0.213. The Bertz CT molecular complexity index is 636. The van der Waals surface area contributed by atoms with Crippen molar-refractivity contribution in [3.63, 3.8) is 0 Å². The second kappa shape index (κ2) is 5.85. The second-order valence-corrected chi connectivity index (χ2v) is 5.54. The van der Waals surface area contributed by atoms with Gasteiger partial charge in [0.2, 0.25) is 0 Å². The van der Waals surface area contributed by atoms with Gasteiger partial charge in [-0.2, -0.15) is 0 Å². The second-order valence-electron chi connectivity index (χ2n) is 5.13. The van der Waals surface area contributed by atoms with Gasteiger partial charge < -0.3 is 19.7 Å². The van der Waals surface area contributed by atoms with E-state index < -0.39 is 0 Å². The van der Waals surface area contributed by atoms with Gasteiger partial charge in [0.15, 0.2) is 23.1 Å². The lowest BCUT2D eigenvalue weighted by Crippen LogP contribution is -2.11. The van der Waals surface area contributed by atoms with Crippen LogP contribution in [-0.2, 0) is 0 Å². The first-order valence-corrected chi connectivity index (χ1v) is 7.32. The van der Waals surface area contributed by atoms with E-state index in [-0.39, 0.29) is 6.10 Å². The van der Waals surface area contributed by atoms with Crippen LogP contribution in [-0.4, -0.2) is 18.4 Å². The Morgan fingerprint density at radius 3 is 2.67 bits per heavy atom. The van der Waals surface area contributed by atoms with E-state index in [0.29, 0.717) is 28.1 Å². The van der Waals surface area contributed by atoms with Crippen molar-refractivity contribution >= 4 is 17.4 Å². The van der Waals surface area contributed by atoms with Crippen LogP contribution < -0.4 is 15.2 Å². The van der Waals surface area contributed by atoms with Crippen LogP contribution in [0.3, 0.4) is 0 Å². The SMILES string of the molecule is COc1c(Cl)cc(-c2cc(N)no2)cc1OC1CCCC1. The number of halogens is 1. The highest BCUT2D eigenvalue weighted by molar-refractivity contribution is 6.32. The first-order valence-electron chi connectivity index (χ1n) is 6.94. The van der Waals surface area contributed by atoms with Gasteiger partial charge in [-0.1, -0.05) is 16.8 Å². The number of nitrogens with zero attached hydrogens (tertiary/aromatic N) is 1. The molecule has 0 bridgehead atoms. The molecule has 1 fully saturated rings. The van der Waals surface area contributed by atoms with Gasteiger partial charge in [0.25, 0.3) is 0 Å². The molecule has 1 heterocycles. The fraction of sp³-hybridized carbons (Fsp3) is 0.400. The predicted molar refractivity (Wildman–Crippen MR) is 80.8 cm³/mol. The molecule has 1 aliphatic carbocycles. The van der Waals surface area contributed by atoms with Gasteiger partial charge in [-0.3, -0.25) is 0 Å². The third-order valence-electron chi connectivity index (χ3n) is 3.62. The first-order chi connectivity index (χ1) is 10.2. The smallest absolute Gasteiger partial charge is 0.179 e. The topological polar surface area (TPSA) is 70.5 Å². The average molecular weight is 309 g/mol. The van der Waals surface area contributed by atoms with Crippen molar-refractivity contribution in [2.75, 3.05) is 12.8 Å². The summed E-state index contributed by atoms with van der Waals surface area (Å²) in [4.78, 5) is 0. The number of benzene rings is 1. The summed E-state index contributed by atoms with van der Waals surface area (Å²) in [5, 5.41) is 4.16. The number of ether oxygens (including phenoxy) is 2. The van der Waals surface area contributed by atoms with Gasteiger partial charge in [-0.25, -0.2) is 0 Å². The molecule has 2 aromatic rings. The molecule has 0 saturated heterocycles. The highest BCUT2D eigenvalue weighted by Gasteiger charge is 2.21. The number of rotatable bonds is 4. The maximum Gasteiger partial charge on any atom is 0.179 e. The van der Waals surface area contributed by atoms with E-state index in [4.69, 9.17) is 31.3 Å². The quantitative estimate of drug-likeness (QED) is 0.927. The molecule has 1 aliphatic rings. The Balaban J connectivity index is 1.97. The Morgan fingerprint density at radius 1 is 1.29 bits per heavy atom. The summed E-state index contributed by atoms with van der Waals surface area (Å²) in [6.07, 6.45) is 4.71. The van der Waals surface area contributed by atoms with Crippen molar-refractivity contribution in [1.82, 2.24) is 5.16 Å². The predicted octanol–water partition coefficient (Wildman–Crippen LogP) is 3.91. The zero-order chi connectivity index (χ0) is 14.8. The standard InChI is InChI=1S/C15H17ClN2O3/c1-19-15-11(16)6-9(12-8-14(17)18-21-12)7-13(15)20-10-4-2-3-5-10/h6-8,10H,2-5H2,1H3,(H2,17,18). The number of aromatic nitrogens is 1. The molecular formula is C15H17ClN2O3. The molecule has 6 heteroatoms. The van der Waals surface area contributed by atoms with Crippen LogP contribution in [0.25, 0.3) is 11.3 Å². The molecule has 3 rings (SSSR count). The van der Waals surface area contributed by atoms with Crippen LogP contribution in [0.1, 0.15) is 25.7 Å². The zero-order valence-electron chi connectivity index (χ0n) is 11.8. The van der Waals surface area contributed by atoms with E-state index in [1.54, 1.807) is 19.2 Å². The minimum absolute atomic E-state index is 0.213. The lowest BCUT2D eigenvalue weighted by molar-refractivity contribution is 0.201. The number of nitrogen functional groups attached to an aromatic ring is 1. The highest BCUT2D eigenvalue weighted by atomic mass is 35.5. The van der Waals surface area contributed by atoms with Gasteiger partial charge in [0, 0.05) is 11.6 Å². The van der Waals surface area contributed by atoms with Gasteiger partial charge in [0.05, 0.1) is 18.2 Å². The van der Waals surface area contributed by atoms with Crippen LogP contribution in [0.15, 0.2) is 22.7 Å². The van der Waals surface area contributed by atoms with E-state index in [9.17, 15) is 0 Å². The molecule has 5 nitrogen and oxygen atoms in total. The summed E-state index contributed by atoms with van der Waals surface area (Å²) in [6.45, 7) is 0. The van der Waals surface area contributed by atoms with E-state index in [0.717, 1.165) is 18.4 Å². The maximum absolute atomic E-state index is 6.28. The molecule has 0 radical (unpaired) electrons. The normalized spacial score (nSPS) is 15.3. The lowest BCUT2D eigenvalue weighted by Gasteiger charge is -2.17. The van der Waals surface area contributed by atoms with Crippen LogP contribution >= 0.6 is 11.6 Å². The van der Waals surface area contributed by atoms with Crippen molar-refractivity contribution in [3.05, 3.63) is 23.2 Å². The largest absolute Gasteiger partial charge is 0.491 e. The van der Waals surface area contributed by atoms with Crippen molar-refractivity contribution in [3.8, 4) is 22.8 Å². The van der Waals surface area contributed by atoms with Crippen LogP contribution in [0.4, 0.5) is 5.82 Å².